The molecule has 0 unspecified atom stereocenters. The van der Waals surface area contributed by atoms with Crippen LogP contribution in [-0.4, -0.2) is 43.3 Å². The highest BCUT2D eigenvalue weighted by atomic mass is 16.6. The summed E-state index contributed by atoms with van der Waals surface area (Å²) in [6.07, 6.45) is 3.03. The molecule has 0 saturated carbocycles. The van der Waals surface area contributed by atoms with Crippen LogP contribution in [0.25, 0.3) is 0 Å². The lowest BCUT2D eigenvalue weighted by Gasteiger charge is -2.36. The Hall–Kier alpha value is -2.09. The van der Waals surface area contributed by atoms with Gasteiger partial charge < -0.3 is 9.47 Å². The molecule has 4 nitrogen and oxygen atoms in total. The third kappa shape index (κ3) is 6.04. The standard InChI is InChI=1S/C21H27NO3/c1-4-5-9-17(2)14-22(15-18-10-7-6-8-11-18)19-12-13-20(25-16-19)21(23)24-3/h4,6-8,10-11,19-20H,12-16H2,1-3H3/t19-,20+/m1/s1. The molecule has 0 aliphatic carbocycles. The summed E-state index contributed by atoms with van der Waals surface area (Å²) in [6.45, 7) is 6.17. The molecule has 1 aromatic carbocycles. The molecule has 1 fully saturated rings. The van der Waals surface area contributed by atoms with E-state index in [1.807, 2.05) is 19.1 Å². The number of benzene rings is 1. The predicted octanol–water partition coefficient (Wildman–Crippen LogP) is 3.49. The molecule has 1 aliphatic heterocycles. The second kappa shape index (κ2) is 10.0. The van der Waals surface area contributed by atoms with Crippen LogP contribution in [0.3, 0.4) is 0 Å². The van der Waals surface area contributed by atoms with Crippen molar-refractivity contribution >= 4 is 5.97 Å². The number of carbonyl (C=O) groups excluding carboxylic acids is 1. The van der Waals surface area contributed by atoms with E-state index in [0.29, 0.717) is 13.0 Å². The Kier molecular flexibility index (Phi) is 7.72. The highest BCUT2D eigenvalue weighted by Crippen LogP contribution is 2.22. The Labute approximate surface area is 150 Å². The van der Waals surface area contributed by atoms with Gasteiger partial charge in [0.25, 0.3) is 0 Å². The molecule has 1 aliphatic rings. The van der Waals surface area contributed by atoms with E-state index in [0.717, 1.165) is 25.1 Å². The fourth-order valence-electron chi connectivity index (χ4n) is 3.01. The molecule has 1 saturated heterocycles. The number of nitrogens with zero attached hydrogens (tertiary/aromatic N) is 1. The second-order valence-electron chi connectivity index (χ2n) is 6.31. The lowest BCUT2D eigenvalue weighted by atomic mass is 10.0. The Morgan fingerprint density at radius 1 is 1.36 bits per heavy atom. The van der Waals surface area contributed by atoms with E-state index < -0.39 is 6.10 Å². The Balaban J connectivity index is 2.09. The first-order valence-electron chi connectivity index (χ1n) is 8.73. The molecule has 4 heteroatoms. The molecule has 0 aromatic heterocycles. The SMILES string of the molecule is CC=C=C=C(C)CN(Cc1ccccc1)[C@@H]1CC[C@@H](C(=O)OC)OC1. The average molecular weight is 341 g/mol. The van der Waals surface area contributed by atoms with E-state index >= 15 is 0 Å². The Bertz CT molecular complexity index is 647. The van der Waals surface area contributed by atoms with Gasteiger partial charge in [-0.1, -0.05) is 41.8 Å². The quantitative estimate of drug-likeness (QED) is 0.586. The summed E-state index contributed by atoms with van der Waals surface area (Å²) in [5.41, 5.74) is 8.59. The summed E-state index contributed by atoms with van der Waals surface area (Å²) < 4.78 is 10.5. The highest BCUT2D eigenvalue weighted by molar-refractivity contribution is 5.74. The van der Waals surface area contributed by atoms with E-state index in [-0.39, 0.29) is 12.0 Å². The summed E-state index contributed by atoms with van der Waals surface area (Å²) in [4.78, 5) is 14.0. The Morgan fingerprint density at radius 2 is 2.12 bits per heavy atom. The molecule has 0 radical (unpaired) electrons. The van der Waals surface area contributed by atoms with E-state index in [1.165, 1.54) is 12.7 Å². The van der Waals surface area contributed by atoms with Crippen LogP contribution in [0.15, 0.2) is 53.4 Å². The van der Waals surface area contributed by atoms with Crippen LogP contribution >= 0.6 is 0 Å². The number of esters is 1. The van der Waals surface area contributed by atoms with Gasteiger partial charge >= 0.3 is 5.97 Å². The van der Waals surface area contributed by atoms with Crippen LogP contribution in [0.2, 0.25) is 0 Å². The molecule has 1 aromatic rings. The minimum absolute atomic E-state index is 0.267. The van der Waals surface area contributed by atoms with Crippen LogP contribution in [-0.2, 0) is 20.8 Å². The first kappa shape index (κ1) is 19.2. The number of allylic oxidation sites excluding steroid dienone is 1. The van der Waals surface area contributed by atoms with Crippen molar-refractivity contribution in [1.29, 1.82) is 0 Å². The van der Waals surface area contributed by atoms with E-state index in [9.17, 15) is 4.79 Å². The molecule has 0 amide bonds. The Morgan fingerprint density at radius 3 is 2.72 bits per heavy atom. The van der Waals surface area contributed by atoms with Gasteiger partial charge in [-0.3, -0.25) is 4.90 Å². The van der Waals surface area contributed by atoms with Gasteiger partial charge in [0.2, 0.25) is 0 Å². The van der Waals surface area contributed by atoms with Gasteiger partial charge in [0.05, 0.1) is 13.7 Å². The van der Waals surface area contributed by atoms with Gasteiger partial charge in [-0.2, -0.15) is 0 Å². The number of methoxy groups -OCH3 is 1. The molecular formula is C21H27NO3. The van der Waals surface area contributed by atoms with Gasteiger partial charge in [0.1, 0.15) is 0 Å². The lowest BCUT2D eigenvalue weighted by Crippen LogP contribution is -2.45. The van der Waals surface area contributed by atoms with Crippen molar-refractivity contribution in [2.75, 3.05) is 20.3 Å². The lowest BCUT2D eigenvalue weighted by molar-refractivity contribution is -0.159. The number of ether oxygens (including phenoxy) is 2. The first-order chi connectivity index (χ1) is 12.1. The maximum atomic E-state index is 11.6. The van der Waals surface area contributed by atoms with Crippen molar-refractivity contribution in [2.24, 2.45) is 0 Å². The summed E-state index contributed by atoms with van der Waals surface area (Å²) >= 11 is 0. The fourth-order valence-corrected chi connectivity index (χ4v) is 3.01. The monoisotopic (exact) mass is 341 g/mol. The largest absolute Gasteiger partial charge is 0.467 e. The molecule has 0 spiro atoms. The normalized spacial score (nSPS) is 19.7. The molecule has 134 valence electrons. The predicted molar refractivity (Wildman–Crippen MR) is 98.1 cm³/mol. The minimum Gasteiger partial charge on any atom is -0.467 e. The molecule has 2 atom stereocenters. The van der Waals surface area contributed by atoms with Crippen LogP contribution in [0.1, 0.15) is 32.3 Å². The molecule has 1 heterocycles. The zero-order chi connectivity index (χ0) is 18.1. The summed E-state index contributed by atoms with van der Waals surface area (Å²) in [5, 5.41) is 0. The van der Waals surface area contributed by atoms with Crippen LogP contribution in [0.5, 0.6) is 0 Å². The number of hydrogen-bond donors (Lipinski definition) is 0. The summed E-state index contributed by atoms with van der Waals surface area (Å²) in [6, 6.07) is 10.7. The maximum absolute atomic E-state index is 11.6. The smallest absolute Gasteiger partial charge is 0.334 e. The minimum atomic E-state index is -0.431. The molecule has 2 rings (SSSR count). The van der Waals surface area contributed by atoms with Crippen molar-refractivity contribution in [3.05, 3.63) is 59.0 Å². The van der Waals surface area contributed by atoms with Crippen molar-refractivity contribution in [2.45, 2.75) is 45.4 Å². The number of carbonyl (C=O) groups is 1. The number of hydrogen-bond acceptors (Lipinski definition) is 4. The van der Waals surface area contributed by atoms with Crippen LogP contribution in [0.4, 0.5) is 0 Å². The molecule has 0 N–H and O–H groups in total. The van der Waals surface area contributed by atoms with Gasteiger partial charge in [-0.15, -0.1) is 0 Å². The van der Waals surface area contributed by atoms with Crippen molar-refractivity contribution in [3.63, 3.8) is 0 Å². The highest BCUT2D eigenvalue weighted by Gasteiger charge is 2.30. The van der Waals surface area contributed by atoms with Gasteiger partial charge in [0, 0.05) is 19.1 Å². The molecular weight excluding hydrogens is 314 g/mol. The van der Waals surface area contributed by atoms with Crippen molar-refractivity contribution < 1.29 is 14.3 Å². The van der Waals surface area contributed by atoms with Crippen LogP contribution < -0.4 is 0 Å². The van der Waals surface area contributed by atoms with E-state index in [1.54, 1.807) is 0 Å². The summed E-state index contributed by atoms with van der Waals surface area (Å²) in [7, 11) is 1.40. The molecule has 25 heavy (non-hydrogen) atoms. The second-order valence-corrected chi connectivity index (χ2v) is 6.31. The van der Waals surface area contributed by atoms with Gasteiger partial charge in [-0.25, -0.2) is 4.79 Å². The van der Waals surface area contributed by atoms with Crippen LogP contribution in [0, 0.1) is 0 Å². The third-order valence-electron chi connectivity index (χ3n) is 4.33. The zero-order valence-corrected chi connectivity index (χ0v) is 15.3. The maximum Gasteiger partial charge on any atom is 0.334 e. The van der Waals surface area contributed by atoms with Gasteiger partial charge in [-0.05, 0) is 43.9 Å². The molecule has 0 bridgehead atoms. The van der Waals surface area contributed by atoms with Crippen molar-refractivity contribution in [1.82, 2.24) is 4.90 Å². The van der Waals surface area contributed by atoms with Crippen molar-refractivity contribution in [3.8, 4) is 0 Å². The number of rotatable bonds is 6. The topological polar surface area (TPSA) is 38.8 Å². The third-order valence-corrected chi connectivity index (χ3v) is 4.33. The first-order valence-corrected chi connectivity index (χ1v) is 8.73. The summed E-state index contributed by atoms with van der Waals surface area (Å²) in [5.74, 6) is -0.278. The van der Waals surface area contributed by atoms with E-state index in [2.05, 4.69) is 47.6 Å². The van der Waals surface area contributed by atoms with E-state index in [4.69, 9.17) is 9.47 Å². The zero-order valence-electron chi connectivity index (χ0n) is 15.3. The fraction of sp³-hybridized carbons (Fsp3) is 0.476. The average Bonchev–Trinajstić information content (AvgIpc) is 2.66. The van der Waals surface area contributed by atoms with Gasteiger partial charge in [0.15, 0.2) is 6.10 Å².